The summed E-state index contributed by atoms with van der Waals surface area (Å²) in [5.41, 5.74) is 3.83. The molecule has 1 saturated heterocycles. The van der Waals surface area contributed by atoms with Crippen LogP contribution in [0.15, 0.2) is 48.7 Å². The van der Waals surface area contributed by atoms with Crippen LogP contribution in [0.25, 0.3) is 10.9 Å². The van der Waals surface area contributed by atoms with Gasteiger partial charge in [0.2, 0.25) is 0 Å². The number of ether oxygens (including phenoxy) is 3. The number of pyridine rings is 1. The molecule has 0 aliphatic carbocycles. The van der Waals surface area contributed by atoms with Crippen LogP contribution in [0.5, 0.6) is 11.5 Å². The van der Waals surface area contributed by atoms with E-state index in [0.717, 1.165) is 53.3 Å². The second-order valence-electron chi connectivity index (χ2n) is 8.15. The number of methoxy groups -OCH3 is 2. The van der Waals surface area contributed by atoms with Crippen molar-refractivity contribution in [3.05, 3.63) is 48.7 Å². The molecule has 2 N–H and O–H groups in total. The maximum absolute atomic E-state index is 9.68. The first-order chi connectivity index (χ1) is 16.1. The Kier molecular flexibility index (Phi) is 7.49. The number of rotatable bonds is 9. The highest BCUT2D eigenvalue weighted by Crippen LogP contribution is 2.34. The van der Waals surface area contributed by atoms with E-state index in [9.17, 15) is 5.11 Å². The van der Waals surface area contributed by atoms with Gasteiger partial charge in [0, 0.05) is 55.8 Å². The zero-order valence-corrected chi connectivity index (χ0v) is 19.5. The predicted octanol–water partition coefficient (Wildman–Crippen LogP) is 3.12. The lowest BCUT2D eigenvalue weighted by molar-refractivity contribution is 0.135. The topological polar surface area (TPSA) is 79.3 Å². The quantitative estimate of drug-likeness (QED) is 0.480. The molecule has 8 heteroatoms. The van der Waals surface area contributed by atoms with E-state index in [0.29, 0.717) is 19.0 Å². The van der Waals surface area contributed by atoms with E-state index in [1.165, 1.54) is 0 Å². The van der Waals surface area contributed by atoms with E-state index in [1.807, 2.05) is 30.5 Å². The van der Waals surface area contributed by atoms with Crippen LogP contribution in [0.3, 0.4) is 0 Å². The molecule has 4 rings (SSSR count). The summed E-state index contributed by atoms with van der Waals surface area (Å²) >= 11 is 0. The fraction of sp³-hybridized carbons (Fsp3) is 0.400. The fourth-order valence-corrected chi connectivity index (χ4v) is 4.07. The summed E-state index contributed by atoms with van der Waals surface area (Å²) in [6.45, 7) is 3.81. The molecule has 0 radical (unpaired) electrons. The second kappa shape index (κ2) is 10.7. The summed E-state index contributed by atoms with van der Waals surface area (Å²) in [6.07, 6.45) is 1.81. The number of benzene rings is 2. The van der Waals surface area contributed by atoms with Crippen molar-refractivity contribution < 1.29 is 19.3 Å². The molecule has 1 unspecified atom stereocenters. The molecule has 2 heterocycles. The van der Waals surface area contributed by atoms with Crippen molar-refractivity contribution in [2.75, 3.05) is 70.9 Å². The molecular weight excluding hydrogens is 420 g/mol. The number of fused-ring (bicyclic) bond motifs is 1. The Morgan fingerprint density at radius 3 is 2.73 bits per heavy atom. The van der Waals surface area contributed by atoms with Crippen LogP contribution in [0.4, 0.5) is 17.1 Å². The van der Waals surface area contributed by atoms with Crippen molar-refractivity contribution in [1.29, 1.82) is 0 Å². The third-order valence-electron chi connectivity index (χ3n) is 6.08. The molecule has 0 bridgehead atoms. The van der Waals surface area contributed by atoms with Gasteiger partial charge in [-0.2, -0.15) is 0 Å². The second-order valence-corrected chi connectivity index (χ2v) is 8.15. The van der Waals surface area contributed by atoms with Gasteiger partial charge in [-0.1, -0.05) is 0 Å². The van der Waals surface area contributed by atoms with Crippen molar-refractivity contribution in [3.63, 3.8) is 0 Å². The maximum atomic E-state index is 9.68. The molecule has 1 aromatic heterocycles. The summed E-state index contributed by atoms with van der Waals surface area (Å²) in [5, 5.41) is 14.2. The van der Waals surface area contributed by atoms with Crippen LogP contribution < -0.4 is 19.7 Å². The van der Waals surface area contributed by atoms with Crippen LogP contribution in [0, 0.1) is 0 Å². The molecule has 0 saturated carbocycles. The summed E-state index contributed by atoms with van der Waals surface area (Å²) < 4.78 is 16.3. The summed E-state index contributed by atoms with van der Waals surface area (Å²) in [4.78, 5) is 9.12. The van der Waals surface area contributed by atoms with Gasteiger partial charge in [-0.15, -0.1) is 0 Å². The maximum Gasteiger partial charge on any atom is 0.145 e. The van der Waals surface area contributed by atoms with E-state index in [4.69, 9.17) is 14.2 Å². The Balaban J connectivity index is 1.55. The molecule has 0 amide bonds. The van der Waals surface area contributed by atoms with Crippen LogP contribution in [0.1, 0.15) is 0 Å². The Morgan fingerprint density at radius 2 is 1.94 bits per heavy atom. The summed E-state index contributed by atoms with van der Waals surface area (Å²) in [7, 11) is 5.35. The standard InChI is InChI=1S/C25H32N4O4/c1-28-10-11-29(16-19(28)17-30)18-4-6-21-22(8-9-26-24(21)14-18)27-23-7-5-20(15-25(23)32-3)33-13-12-31-2/h4-9,14-15,19,30H,10-13,16-17H2,1-3H3,(H,26,27). The molecule has 176 valence electrons. The average molecular weight is 453 g/mol. The molecule has 2 aromatic carbocycles. The molecule has 33 heavy (non-hydrogen) atoms. The number of hydrogen-bond donors (Lipinski definition) is 2. The van der Waals surface area contributed by atoms with Gasteiger partial charge in [0.1, 0.15) is 18.1 Å². The first-order valence-corrected chi connectivity index (χ1v) is 11.1. The Labute approximate surface area is 194 Å². The van der Waals surface area contributed by atoms with Gasteiger partial charge in [0.05, 0.1) is 37.6 Å². The van der Waals surface area contributed by atoms with Gasteiger partial charge in [-0.05, 0) is 43.4 Å². The minimum atomic E-state index is 0.143. The molecule has 8 nitrogen and oxygen atoms in total. The first-order valence-electron chi connectivity index (χ1n) is 11.1. The number of nitrogens with zero attached hydrogens (tertiary/aromatic N) is 3. The van der Waals surface area contributed by atoms with Crippen molar-refractivity contribution in [1.82, 2.24) is 9.88 Å². The highest BCUT2D eigenvalue weighted by molar-refractivity contribution is 5.95. The summed E-state index contributed by atoms with van der Waals surface area (Å²) in [6, 6.07) is 14.2. The Morgan fingerprint density at radius 1 is 1.06 bits per heavy atom. The molecule has 1 fully saturated rings. The van der Waals surface area contributed by atoms with Crippen molar-refractivity contribution in [2.24, 2.45) is 0 Å². The van der Waals surface area contributed by atoms with E-state index >= 15 is 0 Å². The van der Waals surface area contributed by atoms with Gasteiger partial charge in [-0.25, -0.2) is 0 Å². The minimum absolute atomic E-state index is 0.143. The van der Waals surface area contributed by atoms with E-state index in [2.05, 4.69) is 45.3 Å². The number of nitrogens with one attached hydrogen (secondary N) is 1. The first kappa shape index (κ1) is 23.1. The number of aliphatic hydroxyl groups excluding tert-OH is 1. The van der Waals surface area contributed by atoms with Gasteiger partial charge in [0.25, 0.3) is 0 Å². The van der Waals surface area contributed by atoms with Crippen molar-refractivity contribution in [2.45, 2.75) is 6.04 Å². The third kappa shape index (κ3) is 5.30. The average Bonchev–Trinajstić information content (AvgIpc) is 2.85. The van der Waals surface area contributed by atoms with Crippen LogP contribution in [-0.2, 0) is 4.74 Å². The number of piperazine rings is 1. The normalized spacial score (nSPS) is 16.7. The molecule has 0 spiro atoms. The molecular formula is C25H32N4O4. The lowest BCUT2D eigenvalue weighted by Crippen LogP contribution is -2.53. The van der Waals surface area contributed by atoms with Gasteiger partial charge >= 0.3 is 0 Å². The highest BCUT2D eigenvalue weighted by atomic mass is 16.5. The number of aromatic nitrogens is 1. The van der Waals surface area contributed by atoms with Gasteiger partial charge < -0.3 is 29.5 Å². The number of aliphatic hydroxyl groups is 1. The molecule has 1 atom stereocenters. The zero-order valence-electron chi connectivity index (χ0n) is 19.5. The van der Waals surface area contributed by atoms with E-state index in [-0.39, 0.29) is 12.6 Å². The Hall–Kier alpha value is -3.07. The fourth-order valence-electron chi connectivity index (χ4n) is 4.07. The van der Waals surface area contributed by atoms with Crippen LogP contribution in [0.2, 0.25) is 0 Å². The number of hydrogen-bond acceptors (Lipinski definition) is 8. The minimum Gasteiger partial charge on any atom is -0.494 e. The highest BCUT2D eigenvalue weighted by Gasteiger charge is 2.24. The zero-order chi connectivity index (χ0) is 23.2. The third-order valence-corrected chi connectivity index (χ3v) is 6.08. The van der Waals surface area contributed by atoms with Crippen LogP contribution >= 0.6 is 0 Å². The molecule has 3 aromatic rings. The van der Waals surface area contributed by atoms with Gasteiger partial charge in [-0.3, -0.25) is 9.88 Å². The van der Waals surface area contributed by atoms with Gasteiger partial charge in [0.15, 0.2) is 0 Å². The Bertz CT molecular complexity index is 1080. The molecule has 1 aliphatic rings. The van der Waals surface area contributed by atoms with Crippen molar-refractivity contribution in [3.8, 4) is 11.5 Å². The summed E-state index contributed by atoms with van der Waals surface area (Å²) in [5.74, 6) is 1.42. The lowest BCUT2D eigenvalue weighted by Gasteiger charge is -2.39. The van der Waals surface area contributed by atoms with E-state index < -0.39 is 0 Å². The smallest absolute Gasteiger partial charge is 0.145 e. The number of anilines is 3. The van der Waals surface area contributed by atoms with Crippen LogP contribution in [-0.4, -0.2) is 81.8 Å². The van der Waals surface area contributed by atoms with E-state index in [1.54, 1.807) is 14.2 Å². The number of likely N-dealkylation sites (N-methyl/N-ethyl adjacent to an activating group) is 1. The molecule has 1 aliphatic heterocycles. The van der Waals surface area contributed by atoms with Crippen molar-refractivity contribution >= 4 is 28.0 Å². The lowest BCUT2D eigenvalue weighted by atomic mass is 10.1. The monoisotopic (exact) mass is 452 g/mol. The SMILES string of the molecule is COCCOc1ccc(Nc2ccnc3cc(N4CCN(C)C(CO)C4)ccc23)c(OC)c1. The largest absolute Gasteiger partial charge is 0.494 e. The predicted molar refractivity (Wildman–Crippen MR) is 131 cm³/mol.